The summed E-state index contributed by atoms with van der Waals surface area (Å²) in [4.78, 5) is 21.0. The van der Waals surface area contributed by atoms with Crippen LogP contribution in [-0.4, -0.2) is 49.9 Å². The highest BCUT2D eigenvalue weighted by atomic mass is 32.1. The molecular formula is C18H24F2N6O2S. The number of rotatable bonds is 10. The van der Waals surface area contributed by atoms with E-state index >= 15 is 0 Å². The summed E-state index contributed by atoms with van der Waals surface area (Å²) in [6.07, 6.45) is -0.451. The Morgan fingerprint density at radius 3 is 2.86 bits per heavy atom. The first-order valence-corrected chi connectivity index (χ1v) is 9.69. The lowest BCUT2D eigenvalue weighted by molar-refractivity contribution is 0.0799. The second-order valence-corrected chi connectivity index (χ2v) is 7.09. The maximum absolute atomic E-state index is 12.4. The van der Waals surface area contributed by atoms with Crippen LogP contribution < -0.4 is 26.8 Å². The molecule has 0 spiro atoms. The third kappa shape index (κ3) is 6.09. The number of anilines is 1. The summed E-state index contributed by atoms with van der Waals surface area (Å²) < 4.78 is 29.8. The predicted molar refractivity (Wildman–Crippen MR) is 110 cm³/mol. The van der Waals surface area contributed by atoms with Crippen molar-refractivity contribution in [2.45, 2.75) is 19.8 Å². The van der Waals surface area contributed by atoms with Crippen LogP contribution in [0.3, 0.4) is 0 Å². The van der Waals surface area contributed by atoms with E-state index in [0.29, 0.717) is 27.5 Å². The summed E-state index contributed by atoms with van der Waals surface area (Å²) in [5, 5.41) is 6.18. The summed E-state index contributed by atoms with van der Waals surface area (Å²) in [5.41, 5.74) is 13.4. The number of hydrogen-bond donors (Lipinski definition) is 4. The molecule has 0 aliphatic heterocycles. The lowest BCUT2D eigenvalue weighted by Crippen LogP contribution is -2.26. The Hall–Kier alpha value is -2.79. The first-order chi connectivity index (χ1) is 13.8. The third-order valence-electron chi connectivity index (χ3n) is 3.86. The Morgan fingerprint density at radius 1 is 1.41 bits per heavy atom. The van der Waals surface area contributed by atoms with Crippen LogP contribution >= 0.6 is 11.3 Å². The fraction of sp³-hybridized carbons (Fsp3) is 0.389. The highest BCUT2D eigenvalue weighted by Gasteiger charge is 2.21. The van der Waals surface area contributed by atoms with Gasteiger partial charge >= 0.3 is 0 Å². The van der Waals surface area contributed by atoms with Gasteiger partial charge in [0, 0.05) is 12.7 Å². The number of carbonyl (C=O) groups is 1. The van der Waals surface area contributed by atoms with E-state index in [2.05, 4.69) is 20.6 Å². The Morgan fingerprint density at radius 2 is 2.17 bits per heavy atom. The van der Waals surface area contributed by atoms with Gasteiger partial charge in [0.05, 0.1) is 15.4 Å². The van der Waals surface area contributed by atoms with E-state index in [4.69, 9.17) is 16.2 Å². The van der Waals surface area contributed by atoms with E-state index in [1.54, 1.807) is 13.0 Å². The normalized spacial score (nSPS) is 11.7. The molecule has 2 heterocycles. The maximum Gasteiger partial charge on any atom is 0.272 e. The fourth-order valence-electron chi connectivity index (χ4n) is 2.52. The van der Waals surface area contributed by atoms with Gasteiger partial charge < -0.3 is 26.8 Å². The quantitative estimate of drug-likeness (QED) is 0.262. The van der Waals surface area contributed by atoms with Crippen LogP contribution in [0.5, 0.6) is 5.88 Å². The van der Waals surface area contributed by atoms with Crippen molar-refractivity contribution in [1.29, 1.82) is 0 Å². The number of alkyl halides is 2. The number of pyridine rings is 1. The monoisotopic (exact) mass is 426 g/mol. The second kappa shape index (κ2) is 10.7. The van der Waals surface area contributed by atoms with Gasteiger partial charge in [-0.25, -0.2) is 18.8 Å². The molecule has 0 aliphatic rings. The van der Waals surface area contributed by atoms with Crippen molar-refractivity contribution in [3.05, 3.63) is 34.3 Å². The number of aliphatic imine (C=N–C) groups is 1. The number of ether oxygens (including phenoxy) is 1. The van der Waals surface area contributed by atoms with Gasteiger partial charge in [-0.05, 0) is 44.6 Å². The minimum absolute atomic E-state index is 0.0420. The van der Waals surface area contributed by atoms with Gasteiger partial charge in [0.2, 0.25) is 5.88 Å². The zero-order chi connectivity index (χ0) is 21.4. The molecule has 0 aliphatic carbocycles. The Bertz CT molecular complexity index is 872. The molecule has 0 bridgehead atoms. The van der Waals surface area contributed by atoms with Gasteiger partial charge in [0.15, 0.2) is 6.61 Å². The van der Waals surface area contributed by atoms with E-state index in [-0.39, 0.29) is 23.3 Å². The van der Waals surface area contributed by atoms with Crippen LogP contribution in [0.1, 0.15) is 27.2 Å². The fourth-order valence-corrected chi connectivity index (χ4v) is 3.52. The molecular weight excluding hydrogens is 402 g/mol. The predicted octanol–water partition coefficient (Wildman–Crippen LogP) is 2.05. The average Bonchev–Trinajstić information content (AvgIpc) is 2.98. The molecule has 8 nitrogen and oxygen atoms in total. The standard InChI is InChI=1S/C18H24F2N6O2S/c1-10-13(16(22)29-14(10)17(27)24-8-4-6-23-2)15(21)26-11-5-3-7-25-18(11)28-9-12(19)20/h3,5,7,12,23H,4,6,8-9,22H2,1-2H3,(H2,21,26)(H,24,27). The Labute approximate surface area is 171 Å². The number of aromatic nitrogens is 1. The molecule has 0 fully saturated rings. The van der Waals surface area contributed by atoms with Crippen molar-refractivity contribution < 1.29 is 18.3 Å². The van der Waals surface area contributed by atoms with Gasteiger partial charge in [-0.1, -0.05) is 0 Å². The number of amides is 1. The first-order valence-electron chi connectivity index (χ1n) is 8.87. The van der Waals surface area contributed by atoms with Crippen molar-refractivity contribution in [2.75, 3.05) is 32.5 Å². The van der Waals surface area contributed by atoms with E-state index in [1.165, 1.54) is 12.3 Å². The van der Waals surface area contributed by atoms with Gasteiger partial charge in [-0.3, -0.25) is 4.79 Å². The lowest BCUT2D eigenvalue weighted by Gasteiger charge is -2.08. The molecule has 0 atom stereocenters. The van der Waals surface area contributed by atoms with E-state index < -0.39 is 13.0 Å². The smallest absolute Gasteiger partial charge is 0.272 e. The summed E-state index contributed by atoms with van der Waals surface area (Å²) >= 11 is 1.11. The number of thiophene rings is 1. The highest BCUT2D eigenvalue weighted by molar-refractivity contribution is 7.18. The van der Waals surface area contributed by atoms with Crippen molar-refractivity contribution >= 4 is 33.8 Å². The number of carbonyl (C=O) groups excluding carboxylic acids is 1. The highest BCUT2D eigenvalue weighted by Crippen LogP contribution is 2.32. The molecule has 2 aromatic heterocycles. The number of nitrogens with one attached hydrogen (secondary N) is 2. The molecule has 2 rings (SSSR count). The average molecular weight is 426 g/mol. The number of nitrogens with zero attached hydrogens (tertiary/aromatic N) is 2. The van der Waals surface area contributed by atoms with Crippen LogP contribution in [0.2, 0.25) is 0 Å². The summed E-state index contributed by atoms with van der Waals surface area (Å²) in [7, 11) is 1.84. The number of amidine groups is 1. The molecule has 29 heavy (non-hydrogen) atoms. The Kier molecular flexibility index (Phi) is 8.28. The number of halogens is 2. The minimum atomic E-state index is -2.64. The van der Waals surface area contributed by atoms with Crippen molar-refractivity contribution in [3.8, 4) is 5.88 Å². The zero-order valence-corrected chi connectivity index (χ0v) is 17.0. The molecule has 158 valence electrons. The molecule has 11 heteroatoms. The largest absolute Gasteiger partial charge is 0.470 e. The SMILES string of the molecule is CNCCCNC(=O)c1sc(N)c(C(N)=Nc2cccnc2OCC(F)F)c1C. The molecule has 0 unspecified atom stereocenters. The second-order valence-electron chi connectivity index (χ2n) is 6.04. The van der Waals surface area contributed by atoms with Crippen LogP contribution in [0.4, 0.5) is 19.5 Å². The van der Waals surface area contributed by atoms with Crippen LogP contribution in [0.15, 0.2) is 23.3 Å². The molecule has 1 amide bonds. The summed E-state index contributed by atoms with van der Waals surface area (Å²) in [5.74, 6) is -0.262. The van der Waals surface area contributed by atoms with Crippen LogP contribution in [-0.2, 0) is 0 Å². The maximum atomic E-state index is 12.4. The minimum Gasteiger partial charge on any atom is -0.470 e. The van der Waals surface area contributed by atoms with E-state index in [9.17, 15) is 13.6 Å². The van der Waals surface area contributed by atoms with Gasteiger partial charge in [-0.2, -0.15) is 0 Å². The molecule has 0 saturated heterocycles. The van der Waals surface area contributed by atoms with Crippen LogP contribution in [0, 0.1) is 6.92 Å². The first kappa shape index (κ1) is 22.5. The van der Waals surface area contributed by atoms with E-state index in [1.807, 2.05) is 7.05 Å². The van der Waals surface area contributed by atoms with Crippen molar-refractivity contribution in [2.24, 2.45) is 10.7 Å². The molecule has 0 saturated carbocycles. The number of hydrogen-bond acceptors (Lipinski definition) is 7. The third-order valence-corrected chi connectivity index (χ3v) is 4.98. The molecule has 0 aromatic carbocycles. The summed E-state index contributed by atoms with van der Waals surface area (Å²) in [6, 6.07) is 3.11. The van der Waals surface area contributed by atoms with Crippen molar-refractivity contribution in [3.63, 3.8) is 0 Å². The molecule has 0 radical (unpaired) electrons. The molecule has 6 N–H and O–H groups in total. The van der Waals surface area contributed by atoms with E-state index in [0.717, 1.165) is 24.3 Å². The van der Waals surface area contributed by atoms with Crippen molar-refractivity contribution in [1.82, 2.24) is 15.6 Å². The zero-order valence-electron chi connectivity index (χ0n) is 16.2. The molecule has 2 aromatic rings. The van der Waals surface area contributed by atoms with Gasteiger partial charge in [0.1, 0.15) is 11.5 Å². The van der Waals surface area contributed by atoms with Crippen LogP contribution in [0.25, 0.3) is 0 Å². The summed E-state index contributed by atoms with van der Waals surface area (Å²) in [6.45, 7) is 2.23. The number of nitrogens with two attached hydrogens (primary N) is 2. The Balaban J connectivity index is 2.24. The van der Waals surface area contributed by atoms with Gasteiger partial charge in [0.25, 0.3) is 12.3 Å². The topological polar surface area (TPSA) is 128 Å². The number of nitrogen functional groups attached to an aromatic ring is 1. The lowest BCUT2D eigenvalue weighted by atomic mass is 10.1. The van der Waals surface area contributed by atoms with Gasteiger partial charge in [-0.15, -0.1) is 11.3 Å².